The van der Waals surface area contributed by atoms with E-state index in [0.717, 1.165) is 27.8 Å². The Morgan fingerprint density at radius 3 is 2.61 bits per heavy atom. The molecule has 0 spiro atoms. The quantitative estimate of drug-likeness (QED) is 0.413. The van der Waals surface area contributed by atoms with Gasteiger partial charge < -0.3 is 14.7 Å². The second-order valence-corrected chi connectivity index (χ2v) is 7.47. The largest absolute Gasteiger partial charge is 0.467 e. The van der Waals surface area contributed by atoms with Gasteiger partial charge in [0.1, 0.15) is 5.76 Å². The first-order chi connectivity index (χ1) is 13.6. The number of halogens is 2. The molecule has 0 bridgehead atoms. The Balaban J connectivity index is 1.64. The molecular formula is C22H18Cl2N2O2. The van der Waals surface area contributed by atoms with Gasteiger partial charge in [-0.3, -0.25) is 4.79 Å². The van der Waals surface area contributed by atoms with Crippen LogP contribution in [-0.2, 0) is 11.3 Å². The lowest BCUT2D eigenvalue weighted by molar-refractivity contribution is -0.121. The molecule has 2 N–H and O–H groups in total. The molecule has 4 nitrogen and oxygen atoms in total. The number of fused-ring (bicyclic) bond motifs is 1. The highest BCUT2D eigenvalue weighted by molar-refractivity contribution is 6.31. The minimum absolute atomic E-state index is 0.0623. The van der Waals surface area contributed by atoms with Gasteiger partial charge in [-0.15, -0.1) is 0 Å². The third-order valence-corrected chi connectivity index (χ3v) is 5.24. The average Bonchev–Trinajstić information content (AvgIpc) is 3.35. The summed E-state index contributed by atoms with van der Waals surface area (Å²) < 4.78 is 5.28. The first kappa shape index (κ1) is 18.7. The summed E-state index contributed by atoms with van der Waals surface area (Å²) in [5, 5.41) is 5.25. The highest BCUT2D eigenvalue weighted by Gasteiger charge is 2.22. The molecule has 4 aromatic rings. The van der Waals surface area contributed by atoms with Crippen LogP contribution < -0.4 is 5.32 Å². The summed E-state index contributed by atoms with van der Waals surface area (Å²) in [7, 11) is 0. The Morgan fingerprint density at radius 1 is 1.07 bits per heavy atom. The van der Waals surface area contributed by atoms with Gasteiger partial charge in [-0.2, -0.15) is 0 Å². The first-order valence-electron chi connectivity index (χ1n) is 8.91. The van der Waals surface area contributed by atoms with Crippen LogP contribution in [0.4, 0.5) is 0 Å². The summed E-state index contributed by atoms with van der Waals surface area (Å²) in [5.41, 5.74) is 3.01. The van der Waals surface area contributed by atoms with Crippen molar-refractivity contribution in [1.82, 2.24) is 10.3 Å². The molecule has 2 aromatic heterocycles. The summed E-state index contributed by atoms with van der Waals surface area (Å²) >= 11 is 12.3. The minimum atomic E-state index is -0.138. The molecule has 2 aromatic carbocycles. The van der Waals surface area contributed by atoms with E-state index in [4.69, 9.17) is 27.6 Å². The number of rotatable bonds is 6. The Bertz CT molecular complexity index is 1090. The van der Waals surface area contributed by atoms with Crippen molar-refractivity contribution >= 4 is 40.0 Å². The van der Waals surface area contributed by atoms with Gasteiger partial charge in [-0.25, -0.2) is 0 Å². The summed E-state index contributed by atoms with van der Waals surface area (Å²) in [6, 6.07) is 16.9. The van der Waals surface area contributed by atoms with E-state index in [9.17, 15) is 4.79 Å². The molecule has 0 aliphatic rings. The van der Waals surface area contributed by atoms with Crippen LogP contribution in [0, 0.1) is 0 Å². The molecule has 4 rings (SSSR count). The molecule has 0 saturated heterocycles. The summed E-state index contributed by atoms with van der Waals surface area (Å²) in [5.74, 6) is 0.518. The number of amides is 1. The van der Waals surface area contributed by atoms with E-state index in [1.54, 1.807) is 12.3 Å². The van der Waals surface area contributed by atoms with E-state index in [0.29, 0.717) is 23.0 Å². The van der Waals surface area contributed by atoms with Crippen molar-refractivity contribution < 1.29 is 9.21 Å². The highest BCUT2D eigenvalue weighted by Crippen LogP contribution is 2.35. The van der Waals surface area contributed by atoms with Crippen LogP contribution >= 0.6 is 23.2 Å². The van der Waals surface area contributed by atoms with Gasteiger partial charge in [-0.1, -0.05) is 35.3 Å². The van der Waals surface area contributed by atoms with Crippen molar-refractivity contribution in [2.45, 2.75) is 18.9 Å². The number of aromatic amines is 1. The number of hydrogen-bond donors (Lipinski definition) is 2. The number of aromatic nitrogens is 1. The Kier molecular flexibility index (Phi) is 5.42. The number of carbonyl (C=O) groups is 1. The summed E-state index contributed by atoms with van der Waals surface area (Å²) in [6.07, 6.45) is 3.83. The number of furan rings is 1. The smallest absolute Gasteiger partial charge is 0.221 e. The maximum absolute atomic E-state index is 12.7. The molecule has 1 amide bonds. The molecule has 1 unspecified atom stereocenters. The van der Waals surface area contributed by atoms with Crippen molar-refractivity contribution in [1.29, 1.82) is 0 Å². The van der Waals surface area contributed by atoms with Crippen LogP contribution in [0.3, 0.4) is 0 Å². The second kappa shape index (κ2) is 8.13. The number of H-pyrrole nitrogens is 1. The fraction of sp³-hybridized carbons (Fsp3) is 0.136. The molecule has 0 fully saturated rings. The molecule has 0 aliphatic heterocycles. The topological polar surface area (TPSA) is 58.0 Å². The Labute approximate surface area is 172 Å². The molecule has 6 heteroatoms. The Hall–Kier alpha value is -2.69. The van der Waals surface area contributed by atoms with E-state index in [-0.39, 0.29) is 11.8 Å². The van der Waals surface area contributed by atoms with Crippen molar-refractivity contribution in [2.24, 2.45) is 0 Å². The molecule has 142 valence electrons. The van der Waals surface area contributed by atoms with Crippen molar-refractivity contribution in [3.8, 4) is 0 Å². The lowest BCUT2D eigenvalue weighted by atomic mass is 9.88. The molecular weight excluding hydrogens is 395 g/mol. The maximum Gasteiger partial charge on any atom is 0.221 e. The highest BCUT2D eigenvalue weighted by atomic mass is 35.5. The minimum Gasteiger partial charge on any atom is -0.467 e. The molecule has 0 radical (unpaired) electrons. The van der Waals surface area contributed by atoms with Gasteiger partial charge in [0.25, 0.3) is 0 Å². The summed E-state index contributed by atoms with van der Waals surface area (Å²) in [6.45, 7) is 0.360. The molecule has 28 heavy (non-hydrogen) atoms. The molecule has 2 heterocycles. The summed E-state index contributed by atoms with van der Waals surface area (Å²) in [4.78, 5) is 15.9. The van der Waals surface area contributed by atoms with Gasteiger partial charge in [0.2, 0.25) is 5.91 Å². The lowest BCUT2D eigenvalue weighted by Gasteiger charge is -2.17. The number of carbonyl (C=O) groups excluding carboxylic acids is 1. The predicted octanol–water partition coefficient (Wildman–Crippen LogP) is 5.91. The number of hydrogen-bond acceptors (Lipinski definition) is 2. The second-order valence-electron chi connectivity index (χ2n) is 6.60. The van der Waals surface area contributed by atoms with Crippen LogP contribution in [0.15, 0.2) is 71.5 Å². The van der Waals surface area contributed by atoms with Gasteiger partial charge in [0.15, 0.2) is 0 Å². The van der Waals surface area contributed by atoms with Crippen LogP contribution in [0.1, 0.15) is 29.2 Å². The zero-order valence-electron chi connectivity index (χ0n) is 14.9. The van der Waals surface area contributed by atoms with Crippen molar-refractivity contribution in [3.63, 3.8) is 0 Å². The zero-order chi connectivity index (χ0) is 19.5. The van der Waals surface area contributed by atoms with E-state index in [1.807, 2.05) is 54.7 Å². The van der Waals surface area contributed by atoms with E-state index < -0.39 is 0 Å². The zero-order valence-corrected chi connectivity index (χ0v) is 16.4. The predicted molar refractivity (Wildman–Crippen MR) is 112 cm³/mol. The monoisotopic (exact) mass is 412 g/mol. The van der Waals surface area contributed by atoms with Crippen LogP contribution in [-0.4, -0.2) is 10.9 Å². The van der Waals surface area contributed by atoms with Gasteiger partial charge in [-0.05, 0) is 53.6 Å². The normalized spacial score (nSPS) is 12.2. The van der Waals surface area contributed by atoms with Crippen LogP contribution in [0.5, 0.6) is 0 Å². The van der Waals surface area contributed by atoms with Gasteiger partial charge in [0, 0.05) is 39.5 Å². The Morgan fingerprint density at radius 2 is 1.86 bits per heavy atom. The number of benzene rings is 2. The van der Waals surface area contributed by atoms with Crippen molar-refractivity contribution in [3.05, 3.63) is 94.0 Å². The third-order valence-electron chi connectivity index (χ3n) is 4.75. The average molecular weight is 413 g/mol. The van der Waals surface area contributed by atoms with E-state index in [1.165, 1.54) is 0 Å². The van der Waals surface area contributed by atoms with Crippen LogP contribution in [0.25, 0.3) is 10.9 Å². The third kappa shape index (κ3) is 4.08. The fourth-order valence-electron chi connectivity index (χ4n) is 3.36. The lowest BCUT2D eigenvalue weighted by Crippen LogP contribution is -2.24. The standard InChI is InChI=1S/C22H18Cl2N2O2/c23-15-5-3-14(4-6-15)18(11-22(27)26-12-17-2-1-9-28-17)20-13-25-21-8-7-16(24)10-19(20)21/h1-10,13,18,25H,11-12H2,(H,26,27). The molecule has 0 saturated carbocycles. The van der Waals surface area contributed by atoms with Gasteiger partial charge >= 0.3 is 0 Å². The van der Waals surface area contributed by atoms with E-state index in [2.05, 4.69) is 10.3 Å². The maximum atomic E-state index is 12.7. The SMILES string of the molecule is O=C(CC(c1ccc(Cl)cc1)c1c[nH]c2ccc(Cl)cc12)NCc1ccco1. The molecule has 1 atom stereocenters. The first-order valence-corrected chi connectivity index (χ1v) is 9.67. The van der Waals surface area contributed by atoms with Gasteiger partial charge in [0.05, 0.1) is 12.8 Å². The van der Waals surface area contributed by atoms with Crippen molar-refractivity contribution in [2.75, 3.05) is 0 Å². The number of nitrogens with one attached hydrogen (secondary N) is 2. The van der Waals surface area contributed by atoms with E-state index >= 15 is 0 Å². The fourth-order valence-corrected chi connectivity index (χ4v) is 3.66. The molecule has 0 aliphatic carbocycles. The van der Waals surface area contributed by atoms with Crippen LogP contribution in [0.2, 0.25) is 10.0 Å².